The van der Waals surface area contributed by atoms with Gasteiger partial charge < -0.3 is 4.74 Å². The first kappa shape index (κ1) is 16.0. The van der Waals surface area contributed by atoms with Crippen molar-refractivity contribution >= 4 is 11.8 Å². The van der Waals surface area contributed by atoms with Gasteiger partial charge in [0.2, 0.25) is 0 Å². The smallest absolute Gasteiger partial charge is 0.276 e. The lowest BCUT2D eigenvalue weighted by Crippen LogP contribution is -2.43. The van der Waals surface area contributed by atoms with Gasteiger partial charge in [0.15, 0.2) is 6.61 Å². The Hall–Kier alpha value is -3.07. The SMILES string of the molecule is C/C=C/C=C/C(=O)NNC(=O)COc1ccc(C#N)cc1. The molecule has 0 spiro atoms. The lowest BCUT2D eigenvalue weighted by atomic mass is 10.2. The van der Waals surface area contributed by atoms with Gasteiger partial charge in [0.1, 0.15) is 5.75 Å². The number of nitrogens with zero attached hydrogens (tertiary/aromatic N) is 1. The van der Waals surface area contributed by atoms with Crippen molar-refractivity contribution in [1.29, 1.82) is 5.26 Å². The molecule has 0 fully saturated rings. The Kier molecular flexibility index (Phi) is 6.80. The molecule has 2 amide bonds. The number of allylic oxidation sites excluding steroid dienone is 3. The van der Waals surface area contributed by atoms with Crippen LogP contribution in [0.15, 0.2) is 48.6 Å². The molecule has 0 bridgehead atoms. The monoisotopic (exact) mass is 285 g/mol. The molecule has 0 saturated carbocycles. The molecular formula is C15H15N3O3. The lowest BCUT2D eigenvalue weighted by Gasteiger charge is -2.07. The summed E-state index contributed by atoms with van der Waals surface area (Å²) in [6, 6.07) is 8.32. The van der Waals surface area contributed by atoms with Crippen LogP contribution >= 0.6 is 0 Å². The zero-order chi connectivity index (χ0) is 15.5. The quantitative estimate of drug-likeness (QED) is 0.483. The summed E-state index contributed by atoms with van der Waals surface area (Å²) in [6.45, 7) is 1.58. The van der Waals surface area contributed by atoms with Gasteiger partial charge in [-0.1, -0.05) is 18.2 Å². The molecule has 0 aliphatic carbocycles. The van der Waals surface area contributed by atoms with E-state index in [4.69, 9.17) is 10.00 Å². The third kappa shape index (κ3) is 6.59. The van der Waals surface area contributed by atoms with Crippen LogP contribution in [0.3, 0.4) is 0 Å². The van der Waals surface area contributed by atoms with E-state index in [0.717, 1.165) is 0 Å². The minimum Gasteiger partial charge on any atom is -0.484 e. The van der Waals surface area contributed by atoms with E-state index in [0.29, 0.717) is 11.3 Å². The lowest BCUT2D eigenvalue weighted by molar-refractivity contribution is -0.128. The zero-order valence-electron chi connectivity index (χ0n) is 11.5. The summed E-state index contributed by atoms with van der Waals surface area (Å²) in [7, 11) is 0. The van der Waals surface area contributed by atoms with Crippen molar-refractivity contribution in [2.45, 2.75) is 6.92 Å². The molecule has 6 nitrogen and oxygen atoms in total. The molecule has 0 heterocycles. The predicted octanol–water partition coefficient (Wildman–Crippen LogP) is 1.22. The second-order valence-electron chi connectivity index (χ2n) is 3.85. The van der Waals surface area contributed by atoms with E-state index in [2.05, 4.69) is 10.9 Å². The number of ether oxygens (including phenoxy) is 1. The minimum atomic E-state index is -0.493. The van der Waals surface area contributed by atoms with Gasteiger partial charge in [-0.3, -0.25) is 20.4 Å². The maximum absolute atomic E-state index is 11.4. The average Bonchev–Trinajstić information content (AvgIpc) is 2.51. The summed E-state index contributed by atoms with van der Waals surface area (Å²) in [5, 5.41) is 8.64. The highest BCUT2D eigenvalue weighted by molar-refractivity contribution is 5.90. The Bertz CT molecular complexity index is 583. The van der Waals surface area contributed by atoms with E-state index in [9.17, 15) is 9.59 Å². The van der Waals surface area contributed by atoms with Crippen molar-refractivity contribution in [2.24, 2.45) is 0 Å². The van der Waals surface area contributed by atoms with Crippen LogP contribution in [0, 0.1) is 11.3 Å². The van der Waals surface area contributed by atoms with Crippen LogP contribution in [0.25, 0.3) is 0 Å². The van der Waals surface area contributed by atoms with Crippen LogP contribution in [0.5, 0.6) is 5.75 Å². The third-order valence-electron chi connectivity index (χ3n) is 2.23. The highest BCUT2D eigenvalue weighted by Crippen LogP contribution is 2.10. The number of nitrogens with one attached hydrogen (secondary N) is 2. The van der Waals surface area contributed by atoms with Gasteiger partial charge >= 0.3 is 0 Å². The Labute approximate surface area is 122 Å². The van der Waals surface area contributed by atoms with Gasteiger partial charge in [-0.05, 0) is 31.2 Å². The normalized spacial score (nSPS) is 10.3. The van der Waals surface area contributed by atoms with Crippen molar-refractivity contribution in [3.63, 3.8) is 0 Å². The molecule has 0 radical (unpaired) electrons. The molecule has 0 unspecified atom stereocenters. The third-order valence-corrected chi connectivity index (χ3v) is 2.23. The highest BCUT2D eigenvalue weighted by atomic mass is 16.5. The topological polar surface area (TPSA) is 91.2 Å². The fourth-order valence-corrected chi connectivity index (χ4v) is 1.24. The van der Waals surface area contributed by atoms with Crippen LogP contribution in [-0.4, -0.2) is 18.4 Å². The Morgan fingerprint density at radius 1 is 1.24 bits per heavy atom. The number of rotatable bonds is 5. The maximum atomic E-state index is 11.4. The van der Waals surface area contributed by atoms with Crippen LogP contribution in [0.1, 0.15) is 12.5 Å². The standard InChI is InChI=1S/C15H15N3O3/c1-2-3-4-5-14(19)17-18-15(20)11-21-13-8-6-12(10-16)7-9-13/h2-9H,11H2,1H3,(H,17,19)(H,18,20)/b3-2+,5-4+. The summed E-state index contributed by atoms with van der Waals surface area (Å²) < 4.78 is 5.20. The fourth-order valence-electron chi connectivity index (χ4n) is 1.24. The molecule has 6 heteroatoms. The number of nitriles is 1. The van der Waals surface area contributed by atoms with E-state index in [1.807, 2.05) is 13.0 Å². The summed E-state index contributed by atoms with van der Waals surface area (Å²) in [5.74, 6) is -0.476. The summed E-state index contributed by atoms with van der Waals surface area (Å²) in [4.78, 5) is 22.7. The van der Waals surface area contributed by atoms with Crippen molar-refractivity contribution < 1.29 is 14.3 Å². The maximum Gasteiger partial charge on any atom is 0.276 e. The largest absolute Gasteiger partial charge is 0.484 e. The van der Waals surface area contributed by atoms with Crippen LogP contribution in [0.2, 0.25) is 0 Å². The van der Waals surface area contributed by atoms with Gasteiger partial charge in [-0.15, -0.1) is 0 Å². The molecule has 2 N–H and O–H groups in total. The van der Waals surface area contributed by atoms with E-state index in [-0.39, 0.29) is 6.61 Å². The van der Waals surface area contributed by atoms with Crippen molar-refractivity contribution in [2.75, 3.05) is 6.61 Å². The zero-order valence-corrected chi connectivity index (χ0v) is 11.5. The van der Waals surface area contributed by atoms with E-state index >= 15 is 0 Å². The molecule has 1 rings (SSSR count). The number of hydrazine groups is 1. The molecular weight excluding hydrogens is 270 g/mol. The van der Waals surface area contributed by atoms with Gasteiger partial charge in [-0.2, -0.15) is 5.26 Å². The Morgan fingerprint density at radius 3 is 2.57 bits per heavy atom. The van der Waals surface area contributed by atoms with E-state index in [1.165, 1.54) is 6.08 Å². The molecule has 0 aromatic heterocycles. The van der Waals surface area contributed by atoms with E-state index < -0.39 is 11.8 Å². The predicted molar refractivity (Wildman–Crippen MR) is 76.9 cm³/mol. The van der Waals surface area contributed by atoms with E-state index in [1.54, 1.807) is 42.5 Å². The minimum absolute atomic E-state index is 0.245. The molecule has 0 atom stereocenters. The van der Waals surface area contributed by atoms with Crippen LogP contribution in [0.4, 0.5) is 0 Å². The molecule has 21 heavy (non-hydrogen) atoms. The van der Waals surface area contributed by atoms with Crippen LogP contribution in [-0.2, 0) is 9.59 Å². The number of carbonyl (C=O) groups excluding carboxylic acids is 2. The van der Waals surface area contributed by atoms with Crippen molar-refractivity contribution in [3.05, 3.63) is 54.1 Å². The molecule has 1 aromatic rings. The molecule has 108 valence electrons. The fraction of sp³-hybridized carbons (Fsp3) is 0.133. The number of benzene rings is 1. The molecule has 0 saturated heterocycles. The van der Waals surface area contributed by atoms with Gasteiger partial charge in [0.05, 0.1) is 11.6 Å². The first-order chi connectivity index (χ1) is 10.2. The molecule has 0 aliphatic rings. The number of carbonyl (C=O) groups is 2. The first-order valence-corrected chi connectivity index (χ1v) is 6.17. The summed E-state index contributed by atoms with van der Waals surface area (Å²) in [5.41, 5.74) is 4.93. The summed E-state index contributed by atoms with van der Waals surface area (Å²) >= 11 is 0. The highest BCUT2D eigenvalue weighted by Gasteiger charge is 2.03. The van der Waals surface area contributed by atoms with Gasteiger partial charge in [0, 0.05) is 6.08 Å². The first-order valence-electron chi connectivity index (χ1n) is 6.17. The number of amides is 2. The second-order valence-corrected chi connectivity index (χ2v) is 3.85. The van der Waals surface area contributed by atoms with Gasteiger partial charge in [0.25, 0.3) is 11.8 Å². The summed E-state index contributed by atoms with van der Waals surface area (Å²) in [6.07, 6.45) is 6.29. The number of hydrogen-bond acceptors (Lipinski definition) is 4. The van der Waals surface area contributed by atoms with Gasteiger partial charge in [-0.25, -0.2) is 0 Å². The Morgan fingerprint density at radius 2 is 1.95 bits per heavy atom. The average molecular weight is 285 g/mol. The molecule has 1 aromatic carbocycles. The molecule has 0 aliphatic heterocycles. The van der Waals surface area contributed by atoms with Crippen molar-refractivity contribution in [1.82, 2.24) is 10.9 Å². The van der Waals surface area contributed by atoms with Crippen molar-refractivity contribution in [3.8, 4) is 11.8 Å². The number of hydrogen-bond donors (Lipinski definition) is 2. The second kappa shape index (κ2) is 8.93. The van der Waals surface area contributed by atoms with Crippen LogP contribution < -0.4 is 15.6 Å². The Balaban J connectivity index is 2.30.